The van der Waals surface area contributed by atoms with Gasteiger partial charge in [-0.15, -0.1) is 0 Å². The monoisotopic (exact) mass is 349 g/mol. The first-order valence-corrected chi connectivity index (χ1v) is 9.07. The molecule has 134 valence electrons. The van der Waals surface area contributed by atoms with Crippen molar-refractivity contribution in [2.75, 3.05) is 7.11 Å². The highest BCUT2D eigenvalue weighted by atomic mass is 16.5. The lowest BCUT2D eigenvalue weighted by Gasteiger charge is -2.16. The van der Waals surface area contributed by atoms with E-state index in [1.54, 1.807) is 6.07 Å². The molecule has 26 heavy (non-hydrogen) atoms. The standard InChI is InChI=1S/C22H23NO3/c1-23-19-11-7-6-10-16(19)17-12-15(22(25)26-2)13-18(20(17)23)21(24)14-8-4-3-5-9-14/h3-5,8-9,12-13,21,24H,6-7,10-11H2,1-2H3. The molecule has 2 aromatic carbocycles. The van der Waals surface area contributed by atoms with Gasteiger partial charge in [-0.2, -0.15) is 0 Å². The van der Waals surface area contributed by atoms with Crippen molar-refractivity contribution in [3.05, 3.63) is 70.4 Å². The van der Waals surface area contributed by atoms with Crippen molar-refractivity contribution in [2.24, 2.45) is 7.05 Å². The van der Waals surface area contributed by atoms with Gasteiger partial charge in [-0.25, -0.2) is 4.79 Å². The van der Waals surface area contributed by atoms with Gasteiger partial charge >= 0.3 is 5.97 Å². The molecule has 4 rings (SSSR count). The van der Waals surface area contributed by atoms with Crippen LogP contribution in [-0.4, -0.2) is 22.8 Å². The predicted octanol–water partition coefficient (Wildman–Crippen LogP) is 3.93. The maximum atomic E-state index is 12.2. The smallest absolute Gasteiger partial charge is 0.337 e. The predicted molar refractivity (Wildman–Crippen MR) is 101 cm³/mol. The Bertz CT molecular complexity index is 972. The Morgan fingerprint density at radius 3 is 2.62 bits per heavy atom. The number of nitrogens with zero attached hydrogens (tertiary/aromatic N) is 1. The number of benzene rings is 2. The normalized spacial score (nSPS) is 14.9. The van der Waals surface area contributed by atoms with E-state index in [0.29, 0.717) is 5.56 Å². The van der Waals surface area contributed by atoms with Gasteiger partial charge in [-0.05, 0) is 48.9 Å². The number of carbonyl (C=O) groups excluding carboxylic acids is 1. The van der Waals surface area contributed by atoms with Crippen molar-refractivity contribution in [1.29, 1.82) is 0 Å². The molecule has 4 nitrogen and oxygen atoms in total. The molecule has 0 aliphatic heterocycles. The molecule has 0 radical (unpaired) electrons. The molecule has 1 atom stereocenters. The number of aryl methyl sites for hydroxylation is 2. The molecule has 0 saturated heterocycles. The average molecular weight is 349 g/mol. The van der Waals surface area contributed by atoms with Crippen LogP contribution in [0.15, 0.2) is 42.5 Å². The molecule has 1 aromatic heterocycles. The highest BCUT2D eigenvalue weighted by Gasteiger charge is 2.25. The van der Waals surface area contributed by atoms with Crippen molar-refractivity contribution in [1.82, 2.24) is 4.57 Å². The maximum Gasteiger partial charge on any atom is 0.337 e. The third-order valence-corrected chi connectivity index (χ3v) is 5.47. The summed E-state index contributed by atoms with van der Waals surface area (Å²) in [7, 11) is 3.45. The minimum atomic E-state index is -0.793. The SMILES string of the molecule is COC(=O)c1cc(C(O)c2ccccc2)c2c(c1)c1c(n2C)CCCC1. The van der Waals surface area contributed by atoms with Crippen LogP contribution in [0.3, 0.4) is 0 Å². The van der Waals surface area contributed by atoms with Gasteiger partial charge in [0.15, 0.2) is 0 Å². The Kier molecular flexibility index (Phi) is 4.29. The highest BCUT2D eigenvalue weighted by Crippen LogP contribution is 2.37. The molecule has 4 heteroatoms. The van der Waals surface area contributed by atoms with Crippen LogP contribution in [0.1, 0.15) is 51.7 Å². The van der Waals surface area contributed by atoms with Gasteiger partial charge in [0.25, 0.3) is 0 Å². The number of fused-ring (bicyclic) bond motifs is 3. The van der Waals surface area contributed by atoms with Gasteiger partial charge in [-0.1, -0.05) is 30.3 Å². The molecule has 3 aromatic rings. The minimum absolute atomic E-state index is 0.373. The fourth-order valence-electron chi connectivity index (χ4n) is 4.20. The summed E-state index contributed by atoms with van der Waals surface area (Å²) < 4.78 is 7.15. The molecule has 1 aliphatic rings. The van der Waals surface area contributed by atoms with E-state index in [1.165, 1.54) is 24.8 Å². The third-order valence-electron chi connectivity index (χ3n) is 5.47. The van der Waals surface area contributed by atoms with Crippen molar-refractivity contribution >= 4 is 16.9 Å². The molecule has 1 aliphatic carbocycles. The largest absolute Gasteiger partial charge is 0.465 e. The summed E-state index contributed by atoms with van der Waals surface area (Å²) in [6, 6.07) is 13.3. The number of aliphatic hydroxyl groups is 1. The second kappa shape index (κ2) is 6.61. The Balaban J connectivity index is 2.01. The first-order chi connectivity index (χ1) is 12.6. The van der Waals surface area contributed by atoms with E-state index in [9.17, 15) is 9.90 Å². The van der Waals surface area contributed by atoms with Gasteiger partial charge < -0.3 is 14.4 Å². The molecule has 0 spiro atoms. The number of carbonyl (C=O) groups is 1. The number of aromatic nitrogens is 1. The lowest BCUT2D eigenvalue weighted by molar-refractivity contribution is 0.0600. The molecule has 1 N–H and O–H groups in total. The number of aliphatic hydroxyl groups excluding tert-OH is 1. The fraction of sp³-hybridized carbons (Fsp3) is 0.318. The second-order valence-electron chi connectivity index (χ2n) is 6.96. The van der Waals surface area contributed by atoms with Crippen LogP contribution in [-0.2, 0) is 24.6 Å². The molecule has 0 fully saturated rings. The number of hydrogen-bond acceptors (Lipinski definition) is 3. The van der Waals surface area contributed by atoms with Crippen LogP contribution in [0.5, 0.6) is 0 Å². The second-order valence-corrected chi connectivity index (χ2v) is 6.96. The first kappa shape index (κ1) is 16.9. The molecular weight excluding hydrogens is 326 g/mol. The van der Waals surface area contributed by atoms with Crippen LogP contribution in [0.4, 0.5) is 0 Å². The van der Waals surface area contributed by atoms with E-state index in [2.05, 4.69) is 11.6 Å². The van der Waals surface area contributed by atoms with Crippen LogP contribution in [0, 0.1) is 0 Å². The quantitative estimate of drug-likeness (QED) is 0.729. The molecule has 0 amide bonds. The number of rotatable bonds is 3. The van der Waals surface area contributed by atoms with E-state index < -0.39 is 6.10 Å². The van der Waals surface area contributed by atoms with Crippen molar-refractivity contribution < 1.29 is 14.6 Å². The van der Waals surface area contributed by atoms with Gasteiger partial charge in [0.1, 0.15) is 6.10 Å². The third kappa shape index (κ3) is 2.61. The summed E-state index contributed by atoms with van der Waals surface area (Å²) in [6.45, 7) is 0. The molecule has 0 saturated carbocycles. The van der Waals surface area contributed by atoms with E-state index >= 15 is 0 Å². The number of methoxy groups -OCH3 is 1. The zero-order valence-corrected chi connectivity index (χ0v) is 15.2. The Morgan fingerprint density at radius 2 is 1.88 bits per heavy atom. The van der Waals surface area contributed by atoms with Crippen LogP contribution >= 0.6 is 0 Å². The van der Waals surface area contributed by atoms with Crippen molar-refractivity contribution in [3.63, 3.8) is 0 Å². The van der Waals surface area contributed by atoms with Gasteiger partial charge in [0, 0.05) is 23.7 Å². The van der Waals surface area contributed by atoms with Crippen molar-refractivity contribution in [3.8, 4) is 0 Å². The summed E-state index contributed by atoms with van der Waals surface area (Å²) in [5.74, 6) is -0.373. The molecular formula is C22H23NO3. The zero-order chi connectivity index (χ0) is 18.3. The van der Waals surface area contributed by atoms with Crippen molar-refractivity contribution in [2.45, 2.75) is 31.8 Å². The Morgan fingerprint density at radius 1 is 1.15 bits per heavy atom. The Hall–Kier alpha value is -2.59. The average Bonchev–Trinajstić information content (AvgIpc) is 2.99. The fourth-order valence-corrected chi connectivity index (χ4v) is 4.20. The van der Waals surface area contributed by atoms with Gasteiger partial charge in [-0.3, -0.25) is 0 Å². The number of ether oxygens (including phenoxy) is 1. The van der Waals surface area contributed by atoms with Gasteiger partial charge in [0.2, 0.25) is 0 Å². The number of hydrogen-bond donors (Lipinski definition) is 1. The summed E-state index contributed by atoms with van der Waals surface area (Å²) in [5.41, 5.74) is 5.70. The summed E-state index contributed by atoms with van der Waals surface area (Å²) in [6.07, 6.45) is 3.59. The van der Waals surface area contributed by atoms with Crippen LogP contribution in [0.2, 0.25) is 0 Å². The molecule has 1 heterocycles. The van der Waals surface area contributed by atoms with E-state index in [1.807, 2.05) is 36.4 Å². The topological polar surface area (TPSA) is 51.5 Å². The Labute approximate surface area is 153 Å². The van der Waals surface area contributed by atoms with Gasteiger partial charge in [0.05, 0.1) is 18.2 Å². The van der Waals surface area contributed by atoms with Crippen LogP contribution < -0.4 is 0 Å². The van der Waals surface area contributed by atoms with E-state index in [0.717, 1.165) is 41.3 Å². The van der Waals surface area contributed by atoms with E-state index in [-0.39, 0.29) is 5.97 Å². The lowest BCUT2D eigenvalue weighted by atomic mass is 9.92. The number of esters is 1. The highest BCUT2D eigenvalue weighted by molar-refractivity contribution is 5.98. The summed E-state index contributed by atoms with van der Waals surface area (Å²) in [5, 5.41) is 12.2. The maximum absolute atomic E-state index is 12.2. The lowest BCUT2D eigenvalue weighted by Crippen LogP contribution is -2.08. The summed E-state index contributed by atoms with van der Waals surface area (Å²) >= 11 is 0. The van der Waals surface area contributed by atoms with Crippen LogP contribution in [0.25, 0.3) is 10.9 Å². The first-order valence-electron chi connectivity index (χ1n) is 9.07. The zero-order valence-electron chi connectivity index (χ0n) is 15.2. The summed E-state index contributed by atoms with van der Waals surface area (Å²) in [4.78, 5) is 12.2. The van der Waals surface area contributed by atoms with E-state index in [4.69, 9.17) is 4.74 Å². The molecule has 1 unspecified atom stereocenters. The minimum Gasteiger partial charge on any atom is -0.465 e. The molecule has 0 bridgehead atoms.